The first kappa shape index (κ1) is 21.5. The molecule has 1 fully saturated rings. The van der Waals surface area contributed by atoms with Crippen LogP contribution in [0.25, 0.3) is 11.4 Å². The van der Waals surface area contributed by atoms with Gasteiger partial charge in [0.25, 0.3) is 0 Å². The summed E-state index contributed by atoms with van der Waals surface area (Å²) in [6.45, 7) is 1.83. The number of benzene rings is 1. The lowest BCUT2D eigenvalue weighted by atomic mass is 9.64. The molecule has 3 aromatic rings. The largest absolute Gasteiger partial charge is 0.383 e. The third kappa shape index (κ3) is 4.97. The fourth-order valence-corrected chi connectivity index (χ4v) is 4.70. The number of aromatic nitrogens is 4. The molecule has 0 saturated heterocycles. The van der Waals surface area contributed by atoms with Gasteiger partial charge in [0, 0.05) is 37.0 Å². The van der Waals surface area contributed by atoms with Crippen LogP contribution in [-0.4, -0.2) is 51.7 Å². The molecule has 0 aliphatic heterocycles. The molecule has 7 nitrogen and oxygen atoms in total. The number of pyridine rings is 1. The van der Waals surface area contributed by atoms with Crippen molar-refractivity contribution in [1.82, 2.24) is 25.1 Å². The van der Waals surface area contributed by atoms with Gasteiger partial charge in [0.05, 0.1) is 18.9 Å². The molecule has 1 saturated carbocycles. The van der Waals surface area contributed by atoms with Crippen LogP contribution in [-0.2, 0) is 21.5 Å². The number of hydrogen-bond donors (Lipinski definition) is 1. The number of amides is 1. The van der Waals surface area contributed by atoms with Crippen LogP contribution in [0.15, 0.2) is 60.0 Å². The Bertz CT molecular complexity index is 990. The second-order valence-corrected chi connectivity index (χ2v) is 8.69. The monoisotopic (exact) mass is 437 g/mol. The molecule has 31 heavy (non-hydrogen) atoms. The summed E-state index contributed by atoms with van der Waals surface area (Å²) in [6, 6.07) is 14.3. The molecule has 2 aromatic heterocycles. The molecule has 1 N–H and O–H groups in total. The quantitative estimate of drug-likeness (QED) is 0.490. The van der Waals surface area contributed by atoms with Crippen LogP contribution in [0.4, 0.5) is 0 Å². The average Bonchev–Trinajstić information content (AvgIpc) is 3.19. The Morgan fingerprint density at radius 2 is 1.94 bits per heavy atom. The topological polar surface area (TPSA) is 81.9 Å². The predicted molar refractivity (Wildman–Crippen MR) is 121 cm³/mol. The smallest absolute Gasteiger partial charge is 0.230 e. The highest BCUT2D eigenvalue weighted by Gasteiger charge is 2.38. The van der Waals surface area contributed by atoms with Gasteiger partial charge in [-0.1, -0.05) is 48.5 Å². The van der Waals surface area contributed by atoms with E-state index in [4.69, 9.17) is 4.74 Å². The van der Waals surface area contributed by atoms with E-state index in [-0.39, 0.29) is 11.3 Å². The predicted octanol–water partition coefficient (Wildman–Crippen LogP) is 3.32. The summed E-state index contributed by atoms with van der Waals surface area (Å²) in [5.74, 6) is 1.06. The van der Waals surface area contributed by atoms with E-state index < -0.39 is 0 Å². The maximum absolute atomic E-state index is 12.6. The van der Waals surface area contributed by atoms with Crippen LogP contribution in [0.1, 0.15) is 24.8 Å². The Kier molecular flexibility index (Phi) is 6.99. The van der Waals surface area contributed by atoms with Crippen molar-refractivity contribution < 1.29 is 9.53 Å². The maximum atomic E-state index is 12.6. The number of ether oxygens (including phenoxy) is 1. The lowest BCUT2D eigenvalue weighted by molar-refractivity contribution is -0.119. The number of carbonyl (C=O) groups is 1. The summed E-state index contributed by atoms with van der Waals surface area (Å²) in [4.78, 5) is 16.7. The van der Waals surface area contributed by atoms with Crippen LogP contribution < -0.4 is 5.32 Å². The van der Waals surface area contributed by atoms with Gasteiger partial charge >= 0.3 is 0 Å². The maximum Gasteiger partial charge on any atom is 0.230 e. The van der Waals surface area contributed by atoms with E-state index >= 15 is 0 Å². The molecule has 0 radical (unpaired) electrons. The highest BCUT2D eigenvalue weighted by atomic mass is 32.2. The number of rotatable bonds is 10. The zero-order valence-electron chi connectivity index (χ0n) is 17.7. The summed E-state index contributed by atoms with van der Waals surface area (Å²) < 4.78 is 7.24. The van der Waals surface area contributed by atoms with Gasteiger partial charge in [0.2, 0.25) is 5.91 Å². The summed E-state index contributed by atoms with van der Waals surface area (Å²) in [7, 11) is 1.67. The molecule has 1 aliphatic carbocycles. The van der Waals surface area contributed by atoms with Gasteiger partial charge in [-0.25, -0.2) is 0 Å². The minimum Gasteiger partial charge on any atom is -0.383 e. The molecule has 8 heteroatoms. The number of nitrogens with one attached hydrogen (secondary N) is 1. The van der Waals surface area contributed by atoms with Crippen LogP contribution in [0.2, 0.25) is 0 Å². The van der Waals surface area contributed by atoms with Gasteiger partial charge in [-0.2, -0.15) is 0 Å². The first-order valence-electron chi connectivity index (χ1n) is 10.5. The van der Waals surface area contributed by atoms with Crippen LogP contribution in [0.5, 0.6) is 0 Å². The van der Waals surface area contributed by atoms with Gasteiger partial charge in [-0.15, -0.1) is 10.2 Å². The third-order valence-electron chi connectivity index (χ3n) is 5.83. The molecule has 2 heterocycles. The molecule has 4 rings (SSSR count). The molecule has 1 amide bonds. The van der Waals surface area contributed by atoms with Crippen molar-refractivity contribution in [3.05, 3.63) is 60.4 Å². The van der Waals surface area contributed by atoms with Crippen molar-refractivity contribution in [1.29, 1.82) is 0 Å². The third-order valence-corrected chi connectivity index (χ3v) is 6.79. The highest BCUT2D eigenvalue weighted by molar-refractivity contribution is 7.99. The highest BCUT2D eigenvalue weighted by Crippen LogP contribution is 2.43. The van der Waals surface area contributed by atoms with E-state index in [1.165, 1.54) is 23.7 Å². The zero-order valence-corrected chi connectivity index (χ0v) is 18.5. The summed E-state index contributed by atoms with van der Waals surface area (Å²) in [5.41, 5.74) is 2.33. The summed E-state index contributed by atoms with van der Waals surface area (Å²) >= 11 is 1.40. The second-order valence-electron chi connectivity index (χ2n) is 7.75. The van der Waals surface area contributed by atoms with Crippen LogP contribution in [0.3, 0.4) is 0 Å². The van der Waals surface area contributed by atoms with E-state index in [0.29, 0.717) is 30.6 Å². The van der Waals surface area contributed by atoms with E-state index in [1.807, 2.05) is 22.8 Å². The molecular formula is C23H27N5O2S. The Labute approximate surface area is 186 Å². The van der Waals surface area contributed by atoms with Gasteiger partial charge in [-0.3, -0.25) is 14.3 Å². The molecule has 0 atom stereocenters. The first-order chi connectivity index (χ1) is 15.2. The van der Waals surface area contributed by atoms with Crippen molar-refractivity contribution in [2.75, 3.05) is 26.0 Å². The van der Waals surface area contributed by atoms with E-state index in [1.54, 1.807) is 19.5 Å². The van der Waals surface area contributed by atoms with Gasteiger partial charge in [0.15, 0.2) is 11.0 Å². The molecule has 1 aliphatic rings. The van der Waals surface area contributed by atoms with Crippen molar-refractivity contribution in [3.8, 4) is 11.4 Å². The molecule has 0 unspecified atom stereocenters. The number of hydrogen-bond acceptors (Lipinski definition) is 6. The van der Waals surface area contributed by atoms with Gasteiger partial charge in [-0.05, 0) is 30.5 Å². The number of nitrogens with zero attached hydrogens (tertiary/aromatic N) is 4. The Balaban J connectivity index is 1.38. The Morgan fingerprint density at radius 3 is 2.61 bits per heavy atom. The number of carbonyl (C=O) groups excluding carboxylic acids is 1. The van der Waals surface area contributed by atoms with Crippen molar-refractivity contribution in [2.24, 2.45) is 0 Å². The Morgan fingerprint density at radius 1 is 1.16 bits per heavy atom. The van der Waals surface area contributed by atoms with Gasteiger partial charge in [0.1, 0.15) is 0 Å². The molecule has 1 aromatic carbocycles. The molecule has 0 spiro atoms. The fraction of sp³-hybridized carbons (Fsp3) is 0.391. The van der Waals surface area contributed by atoms with Crippen LogP contribution in [0, 0.1) is 0 Å². The van der Waals surface area contributed by atoms with E-state index in [9.17, 15) is 4.79 Å². The fourth-order valence-electron chi connectivity index (χ4n) is 3.91. The summed E-state index contributed by atoms with van der Waals surface area (Å²) in [6.07, 6.45) is 6.90. The number of thioether (sulfide) groups is 1. The van der Waals surface area contributed by atoms with Crippen LogP contribution >= 0.6 is 11.8 Å². The second kappa shape index (κ2) is 10.1. The lowest BCUT2D eigenvalue weighted by Gasteiger charge is -2.42. The average molecular weight is 438 g/mol. The van der Waals surface area contributed by atoms with Crippen molar-refractivity contribution >= 4 is 17.7 Å². The van der Waals surface area contributed by atoms with Gasteiger partial charge < -0.3 is 10.1 Å². The lowest BCUT2D eigenvalue weighted by Crippen LogP contribution is -2.46. The molecule has 162 valence electrons. The SMILES string of the molecule is COCCn1c(SCC(=O)NCC2(c3ccccc3)CCC2)nnc1-c1ccncc1. The molecular weight excluding hydrogens is 410 g/mol. The Hall–Kier alpha value is -2.71. The van der Waals surface area contributed by atoms with Crippen molar-refractivity contribution in [3.63, 3.8) is 0 Å². The van der Waals surface area contributed by atoms with Crippen molar-refractivity contribution in [2.45, 2.75) is 36.4 Å². The standard InChI is InChI=1S/C23H27N5O2S/c1-30-15-14-28-21(18-8-12-24-13-9-18)26-27-22(28)31-16-20(29)25-17-23(10-5-11-23)19-6-3-2-4-7-19/h2-4,6-9,12-13H,5,10-11,14-17H2,1H3,(H,25,29). The summed E-state index contributed by atoms with van der Waals surface area (Å²) in [5, 5.41) is 12.5. The minimum absolute atomic E-state index is 0.0129. The van der Waals surface area contributed by atoms with E-state index in [0.717, 1.165) is 24.2 Å². The number of methoxy groups -OCH3 is 1. The zero-order chi connectivity index (χ0) is 21.5. The first-order valence-corrected chi connectivity index (χ1v) is 11.5. The normalized spacial score (nSPS) is 14.7. The van der Waals surface area contributed by atoms with E-state index in [2.05, 4.69) is 44.8 Å². The molecule has 0 bridgehead atoms. The minimum atomic E-state index is 0.0129.